The lowest BCUT2D eigenvalue weighted by atomic mass is 9.92. The third-order valence-electron chi connectivity index (χ3n) is 5.03. The molecule has 1 aliphatic carbocycles. The molecule has 0 bridgehead atoms. The van der Waals surface area contributed by atoms with Crippen LogP contribution in [-0.2, 0) is 6.54 Å². The van der Waals surface area contributed by atoms with Gasteiger partial charge in [-0.1, -0.05) is 12.8 Å². The summed E-state index contributed by atoms with van der Waals surface area (Å²) < 4.78 is 2.20. The molecule has 1 aromatic rings. The van der Waals surface area contributed by atoms with Gasteiger partial charge in [-0.3, -0.25) is 9.58 Å². The molecule has 0 amide bonds. The van der Waals surface area contributed by atoms with Crippen LogP contribution in [0.2, 0.25) is 0 Å². The standard InChI is InChI=1S/C16H28N4/c1-13(17)14-5-4-9-19(11-14)12-15-8-10-20(18-15)16-6-2-3-7-16/h8,10,13-14,16H,2-7,9,11-12,17H2,1H3. The lowest BCUT2D eigenvalue weighted by Gasteiger charge is -2.34. The molecule has 1 saturated carbocycles. The smallest absolute Gasteiger partial charge is 0.0764 e. The Kier molecular flexibility index (Phi) is 4.41. The molecule has 2 N–H and O–H groups in total. The Bertz CT molecular complexity index is 420. The van der Waals surface area contributed by atoms with E-state index >= 15 is 0 Å². The van der Waals surface area contributed by atoms with Gasteiger partial charge in [-0.25, -0.2) is 0 Å². The molecule has 0 spiro atoms. The van der Waals surface area contributed by atoms with E-state index in [0.29, 0.717) is 18.0 Å². The molecule has 112 valence electrons. The first-order valence-corrected chi connectivity index (χ1v) is 8.24. The molecular weight excluding hydrogens is 248 g/mol. The van der Waals surface area contributed by atoms with Gasteiger partial charge in [0.05, 0.1) is 11.7 Å². The van der Waals surface area contributed by atoms with E-state index in [4.69, 9.17) is 10.8 Å². The van der Waals surface area contributed by atoms with Crippen LogP contribution in [0.4, 0.5) is 0 Å². The highest BCUT2D eigenvalue weighted by molar-refractivity contribution is 5.01. The SMILES string of the molecule is CC(N)C1CCCN(Cc2ccn(C3CCCC3)n2)C1. The maximum Gasteiger partial charge on any atom is 0.0764 e. The maximum absolute atomic E-state index is 6.06. The van der Waals surface area contributed by atoms with Crippen LogP contribution in [-0.4, -0.2) is 33.8 Å². The van der Waals surface area contributed by atoms with Crippen LogP contribution in [0.15, 0.2) is 12.3 Å². The van der Waals surface area contributed by atoms with Gasteiger partial charge in [-0.15, -0.1) is 0 Å². The summed E-state index contributed by atoms with van der Waals surface area (Å²) in [4.78, 5) is 2.53. The van der Waals surface area contributed by atoms with Crippen molar-refractivity contribution in [3.05, 3.63) is 18.0 Å². The number of hydrogen-bond acceptors (Lipinski definition) is 3. The monoisotopic (exact) mass is 276 g/mol. The Morgan fingerprint density at radius 2 is 2.10 bits per heavy atom. The van der Waals surface area contributed by atoms with Crippen molar-refractivity contribution in [3.8, 4) is 0 Å². The molecule has 0 radical (unpaired) electrons. The summed E-state index contributed by atoms with van der Waals surface area (Å²) in [5, 5.41) is 4.80. The first-order chi connectivity index (χ1) is 9.72. The van der Waals surface area contributed by atoms with Crippen molar-refractivity contribution in [1.29, 1.82) is 0 Å². The fourth-order valence-electron chi connectivity index (χ4n) is 3.73. The largest absolute Gasteiger partial charge is 0.328 e. The van der Waals surface area contributed by atoms with Crippen LogP contribution in [0.5, 0.6) is 0 Å². The van der Waals surface area contributed by atoms with Crippen LogP contribution in [0.1, 0.15) is 57.2 Å². The topological polar surface area (TPSA) is 47.1 Å². The highest BCUT2D eigenvalue weighted by Crippen LogP contribution is 2.29. The molecule has 2 unspecified atom stereocenters. The van der Waals surface area contributed by atoms with Gasteiger partial charge in [0.1, 0.15) is 0 Å². The molecule has 2 aliphatic rings. The normalized spacial score (nSPS) is 27.0. The van der Waals surface area contributed by atoms with Crippen LogP contribution in [0.25, 0.3) is 0 Å². The van der Waals surface area contributed by atoms with Gasteiger partial charge in [0, 0.05) is 25.3 Å². The quantitative estimate of drug-likeness (QED) is 0.919. The fraction of sp³-hybridized carbons (Fsp3) is 0.812. The van der Waals surface area contributed by atoms with Gasteiger partial charge in [0.25, 0.3) is 0 Å². The minimum Gasteiger partial charge on any atom is -0.328 e. The molecule has 1 aliphatic heterocycles. The molecule has 2 heterocycles. The third-order valence-corrected chi connectivity index (χ3v) is 5.03. The van der Waals surface area contributed by atoms with Crippen molar-refractivity contribution in [2.45, 2.75) is 64.1 Å². The van der Waals surface area contributed by atoms with Crippen molar-refractivity contribution in [2.75, 3.05) is 13.1 Å². The first kappa shape index (κ1) is 14.1. The van der Waals surface area contributed by atoms with E-state index in [2.05, 4.69) is 28.8 Å². The number of hydrogen-bond donors (Lipinski definition) is 1. The Hall–Kier alpha value is -0.870. The molecule has 20 heavy (non-hydrogen) atoms. The van der Waals surface area contributed by atoms with E-state index in [-0.39, 0.29) is 0 Å². The predicted molar refractivity (Wildman–Crippen MR) is 81.4 cm³/mol. The molecule has 4 heteroatoms. The Labute approximate surface area is 122 Å². The van der Waals surface area contributed by atoms with Crippen LogP contribution >= 0.6 is 0 Å². The van der Waals surface area contributed by atoms with Gasteiger partial charge < -0.3 is 5.73 Å². The van der Waals surface area contributed by atoms with Gasteiger partial charge in [-0.05, 0) is 51.1 Å². The molecule has 2 atom stereocenters. The second-order valence-corrected chi connectivity index (χ2v) is 6.72. The van der Waals surface area contributed by atoms with E-state index in [1.165, 1.54) is 50.8 Å². The van der Waals surface area contributed by atoms with Crippen molar-refractivity contribution in [1.82, 2.24) is 14.7 Å². The van der Waals surface area contributed by atoms with E-state index in [1.54, 1.807) is 0 Å². The average Bonchev–Trinajstić information content (AvgIpc) is 3.09. The minimum absolute atomic E-state index is 0.314. The maximum atomic E-state index is 6.06. The van der Waals surface area contributed by atoms with Crippen LogP contribution in [0.3, 0.4) is 0 Å². The summed E-state index contributed by atoms with van der Waals surface area (Å²) in [5.41, 5.74) is 7.29. The second-order valence-electron chi connectivity index (χ2n) is 6.72. The van der Waals surface area contributed by atoms with E-state index < -0.39 is 0 Å². The number of aromatic nitrogens is 2. The van der Waals surface area contributed by atoms with Crippen molar-refractivity contribution in [2.24, 2.45) is 11.7 Å². The van der Waals surface area contributed by atoms with Gasteiger partial charge >= 0.3 is 0 Å². The summed E-state index contributed by atoms with van der Waals surface area (Å²) in [6.07, 6.45) is 10.1. The molecule has 1 saturated heterocycles. The molecule has 1 aromatic heterocycles. The number of rotatable bonds is 4. The Morgan fingerprint density at radius 1 is 1.30 bits per heavy atom. The van der Waals surface area contributed by atoms with Gasteiger partial charge in [0.2, 0.25) is 0 Å². The van der Waals surface area contributed by atoms with E-state index in [9.17, 15) is 0 Å². The second kappa shape index (κ2) is 6.27. The summed E-state index contributed by atoms with van der Waals surface area (Å²) in [6.45, 7) is 5.46. The zero-order valence-electron chi connectivity index (χ0n) is 12.7. The summed E-state index contributed by atoms with van der Waals surface area (Å²) in [5.74, 6) is 0.653. The number of nitrogens with two attached hydrogens (primary N) is 1. The summed E-state index contributed by atoms with van der Waals surface area (Å²) in [7, 11) is 0. The molecule has 0 aromatic carbocycles. The predicted octanol–water partition coefficient (Wildman–Crippen LogP) is 2.56. The van der Waals surface area contributed by atoms with Gasteiger partial charge in [0.15, 0.2) is 0 Å². The van der Waals surface area contributed by atoms with Crippen LogP contribution in [0, 0.1) is 5.92 Å². The van der Waals surface area contributed by atoms with Crippen LogP contribution < -0.4 is 5.73 Å². The average molecular weight is 276 g/mol. The zero-order chi connectivity index (χ0) is 13.9. The highest BCUT2D eigenvalue weighted by Gasteiger charge is 2.23. The van der Waals surface area contributed by atoms with E-state index in [1.807, 2.05) is 0 Å². The van der Waals surface area contributed by atoms with Crippen molar-refractivity contribution < 1.29 is 0 Å². The lowest BCUT2D eigenvalue weighted by molar-refractivity contribution is 0.152. The molecule has 3 rings (SSSR count). The lowest BCUT2D eigenvalue weighted by Crippen LogP contribution is -2.42. The minimum atomic E-state index is 0.314. The Balaban J connectivity index is 1.57. The number of nitrogens with zero attached hydrogens (tertiary/aromatic N) is 3. The van der Waals surface area contributed by atoms with Crippen molar-refractivity contribution >= 4 is 0 Å². The molecule has 4 nitrogen and oxygen atoms in total. The highest BCUT2D eigenvalue weighted by atomic mass is 15.3. The number of piperidine rings is 1. The van der Waals surface area contributed by atoms with Crippen molar-refractivity contribution in [3.63, 3.8) is 0 Å². The van der Waals surface area contributed by atoms with Gasteiger partial charge in [-0.2, -0.15) is 5.10 Å². The first-order valence-electron chi connectivity index (χ1n) is 8.24. The Morgan fingerprint density at radius 3 is 2.85 bits per heavy atom. The molecule has 2 fully saturated rings. The number of likely N-dealkylation sites (tertiary alicyclic amines) is 1. The summed E-state index contributed by atoms with van der Waals surface area (Å²) >= 11 is 0. The fourth-order valence-corrected chi connectivity index (χ4v) is 3.73. The summed E-state index contributed by atoms with van der Waals surface area (Å²) in [6, 6.07) is 3.17. The third kappa shape index (κ3) is 3.23. The zero-order valence-corrected chi connectivity index (χ0v) is 12.7. The van der Waals surface area contributed by atoms with E-state index in [0.717, 1.165) is 13.1 Å². The molecular formula is C16H28N4.